The second-order valence-corrected chi connectivity index (χ2v) is 5.19. The van der Waals surface area contributed by atoms with Crippen LogP contribution >= 0.6 is 0 Å². The molecule has 3 heterocycles. The summed E-state index contributed by atoms with van der Waals surface area (Å²) < 4.78 is 7.08. The fraction of sp³-hybridized carbons (Fsp3) is 0.333. The first-order valence-electron chi connectivity index (χ1n) is 6.52. The maximum absolute atomic E-state index is 12.6. The van der Waals surface area contributed by atoms with Gasteiger partial charge in [0.15, 0.2) is 5.76 Å². The first-order chi connectivity index (χ1) is 9.50. The van der Waals surface area contributed by atoms with Crippen LogP contribution in [0.4, 0.5) is 0 Å². The molecular formula is C15H15NO4. The number of fused-ring (bicyclic) bond motifs is 1. The molecule has 20 heavy (non-hydrogen) atoms. The van der Waals surface area contributed by atoms with Crippen molar-refractivity contribution >= 4 is 11.8 Å². The highest BCUT2D eigenvalue weighted by Gasteiger charge is 2.34. The molecule has 1 aliphatic heterocycles. The molecule has 5 nitrogen and oxygen atoms in total. The highest BCUT2D eigenvalue weighted by molar-refractivity contribution is 6.08. The van der Waals surface area contributed by atoms with Crippen molar-refractivity contribution in [3.05, 3.63) is 46.7 Å². The zero-order valence-electron chi connectivity index (χ0n) is 11.3. The van der Waals surface area contributed by atoms with Gasteiger partial charge in [-0.3, -0.25) is 9.59 Å². The van der Waals surface area contributed by atoms with Gasteiger partial charge in [-0.05, 0) is 43.5 Å². The topological polar surface area (TPSA) is 72.4 Å². The Balaban J connectivity index is 2.09. The lowest BCUT2D eigenvalue weighted by molar-refractivity contribution is -0.138. The maximum Gasteiger partial charge on any atom is 0.312 e. The fourth-order valence-electron chi connectivity index (χ4n) is 2.91. The van der Waals surface area contributed by atoms with E-state index < -0.39 is 11.9 Å². The highest BCUT2D eigenvalue weighted by atomic mass is 16.4. The van der Waals surface area contributed by atoms with Gasteiger partial charge >= 0.3 is 5.97 Å². The summed E-state index contributed by atoms with van der Waals surface area (Å²) >= 11 is 0. The lowest BCUT2D eigenvalue weighted by Crippen LogP contribution is -2.11. The van der Waals surface area contributed by atoms with Crippen LogP contribution in [0.1, 0.15) is 45.4 Å². The van der Waals surface area contributed by atoms with Crippen molar-refractivity contribution in [3.8, 4) is 0 Å². The van der Waals surface area contributed by atoms with Crippen LogP contribution in [0, 0.1) is 13.8 Å². The van der Waals surface area contributed by atoms with Gasteiger partial charge in [0.25, 0.3) is 0 Å². The summed E-state index contributed by atoms with van der Waals surface area (Å²) in [6, 6.07) is 3.55. The van der Waals surface area contributed by atoms with Crippen molar-refractivity contribution in [1.29, 1.82) is 0 Å². The summed E-state index contributed by atoms with van der Waals surface area (Å²) in [5.74, 6) is -1.21. The van der Waals surface area contributed by atoms with E-state index >= 15 is 0 Å². The molecule has 1 unspecified atom stereocenters. The van der Waals surface area contributed by atoms with Crippen molar-refractivity contribution in [2.45, 2.75) is 32.7 Å². The van der Waals surface area contributed by atoms with E-state index in [2.05, 4.69) is 0 Å². The molecular weight excluding hydrogens is 258 g/mol. The van der Waals surface area contributed by atoms with Crippen LogP contribution in [0.5, 0.6) is 0 Å². The van der Waals surface area contributed by atoms with Crippen LogP contribution in [0.3, 0.4) is 0 Å². The number of carboxylic acids is 1. The van der Waals surface area contributed by atoms with E-state index in [1.807, 2.05) is 18.4 Å². The van der Waals surface area contributed by atoms with E-state index in [9.17, 15) is 14.7 Å². The van der Waals surface area contributed by atoms with Crippen molar-refractivity contribution in [3.63, 3.8) is 0 Å². The molecule has 1 atom stereocenters. The summed E-state index contributed by atoms with van der Waals surface area (Å²) in [5.41, 5.74) is 2.84. The number of carboxylic acid groups (broad SMARTS) is 1. The van der Waals surface area contributed by atoms with Crippen LogP contribution in [-0.2, 0) is 11.3 Å². The van der Waals surface area contributed by atoms with Gasteiger partial charge in [0, 0.05) is 12.2 Å². The number of nitrogens with zero attached hydrogens (tertiary/aromatic N) is 1. The molecule has 104 valence electrons. The Hall–Kier alpha value is -2.30. The molecule has 0 radical (unpaired) electrons. The monoisotopic (exact) mass is 273 g/mol. The normalized spacial score (nSPS) is 17.2. The van der Waals surface area contributed by atoms with Gasteiger partial charge in [-0.1, -0.05) is 0 Å². The van der Waals surface area contributed by atoms with Crippen molar-refractivity contribution in [2.24, 2.45) is 0 Å². The standard InChI is InChI=1S/C15H15NO4/c1-8-4-6-20-14(8)13(17)12-9(2)7-11-10(15(18)19)3-5-16(11)12/h4,6-7,10H,3,5H2,1-2H3,(H,18,19). The SMILES string of the molecule is Cc1ccoc1C(=O)c1c(C)cc2n1CCC2C(=O)O. The van der Waals surface area contributed by atoms with E-state index in [0.29, 0.717) is 30.1 Å². The summed E-state index contributed by atoms with van der Waals surface area (Å²) in [6.07, 6.45) is 2.02. The van der Waals surface area contributed by atoms with Crippen LogP contribution < -0.4 is 0 Å². The minimum Gasteiger partial charge on any atom is -0.481 e. The average Bonchev–Trinajstić information content (AvgIpc) is 3.02. The third-order valence-corrected chi connectivity index (χ3v) is 3.90. The molecule has 1 aliphatic rings. The third kappa shape index (κ3) is 1.70. The van der Waals surface area contributed by atoms with Crippen molar-refractivity contribution in [1.82, 2.24) is 4.57 Å². The van der Waals surface area contributed by atoms with Crippen LogP contribution in [0.2, 0.25) is 0 Å². The number of furan rings is 1. The van der Waals surface area contributed by atoms with E-state index in [-0.39, 0.29) is 5.78 Å². The molecule has 0 spiro atoms. The molecule has 0 aromatic carbocycles. The predicted octanol–water partition coefficient (Wildman–Crippen LogP) is 2.50. The van der Waals surface area contributed by atoms with Gasteiger partial charge in [0.1, 0.15) is 0 Å². The Bertz CT molecular complexity index is 708. The van der Waals surface area contributed by atoms with Gasteiger partial charge in [-0.25, -0.2) is 0 Å². The highest BCUT2D eigenvalue weighted by Crippen LogP contribution is 2.34. The number of aryl methyl sites for hydroxylation is 2. The molecule has 2 aromatic heterocycles. The van der Waals surface area contributed by atoms with E-state index in [1.165, 1.54) is 6.26 Å². The fourth-order valence-corrected chi connectivity index (χ4v) is 2.91. The minimum absolute atomic E-state index is 0.178. The second-order valence-electron chi connectivity index (χ2n) is 5.19. The number of ketones is 1. The molecule has 2 aromatic rings. The number of carbonyl (C=O) groups is 2. The van der Waals surface area contributed by atoms with E-state index in [1.54, 1.807) is 12.1 Å². The Morgan fingerprint density at radius 1 is 1.35 bits per heavy atom. The zero-order valence-corrected chi connectivity index (χ0v) is 11.3. The molecule has 3 rings (SSSR count). The van der Waals surface area contributed by atoms with Crippen LogP contribution in [0.25, 0.3) is 0 Å². The number of hydrogen-bond acceptors (Lipinski definition) is 3. The Morgan fingerprint density at radius 3 is 2.70 bits per heavy atom. The molecule has 0 fully saturated rings. The van der Waals surface area contributed by atoms with Crippen LogP contribution in [0.15, 0.2) is 22.8 Å². The molecule has 0 saturated heterocycles. The van der Waals surface area contributed by atoms with E-state index in [0.717, 1.165) is 11.1 Å². The molecule has 0 aliphatic carbocycles. The first kappa shape index (κ1) is 12.7. The lowest BCUT2D eigenvalue weighted by atomic mass is 10.0. The molecule has 0 bridgehead atoms. The molecule has 5 heteroatoms. The number of carbonyl (C=O) groups excluding carboxylic acids is 1. The lowest BCUT2D eigenvalue weighted by Gasteiger charge is -2.05. The number of hydrogen-bond donors (Lipinski definition) is 1. The van der Waals surface area contributed by atoms with Gasteiger partial charge in [0.05, 0.1) is 17.9 Å². The Morgan fingerprint density at radius 2 is 2.10 bits per heavy atom. The minimum atomic E-state index is -0.838. The summed E-state index contributed by atoms with van der Waals surface area (Å²) in [7, 11) is 0. The van der Waals surface area contributed by atoms with Crippen molar-refractivity contribution < 1.29 is 19.1 Å². The smallest absolute Gasteiger partial charge is 0.312 e. The Kier molecular flexibility index (Phi) is 2.78. The zero-order chi connectivity index (χ0) is 14.4. The predicted molar refractivity (Wildman–Crippen MR) is 71.0 cm³/mol. The second kappa shape index (κ2) is 4.37. The third-order valence-electron chi connectivity index (χ3n) is 3.90. The molecule has 1 N–H and O–H groups in total. The first-order valence-corrected chi connectivity index (χ1v) is 6.52. The summed E-state index contributed by atoms with van der Waals surface area (Å²) in [5, 5.41) is 9.21. The number of aromatic nitrogens is 1. The summed E-state index contributed by atoms with van der Waals surface area (Å²) in [6.45, 7) is 4.21. The quantitative estimate of drug-likeness (QED) is 0.872. The molecule has 0 saturated carbocycles. The number of rotatable bonds is 3. The van der Waals surface area contributed by atoms with Gasteiger partial charge in [-0.15, -0.1) is 0 Å². The van der Waals surface area contributed by atoms with Gasteiger partial charge in [-0.2, -0.15) is 0 Å². The maximum atomic E-state index is 12.6. The van der Waals surface area contributed by atoms with Gasteiger partial charge < -0.3 is 14.1 Å². The van der Waals surface area contributed by atoms with Crippen molar-refractivity contribution in [2.75, 3.05) is 0 Å². The summed E-state index contributed by atoms with van der Waals surface area (Å²) in [4.78, 5) is 23.8. The molecule has 0 amide bonds. The number of aliphatic carboxylic acids is 1. The average molecular weight is 273 g/mol. The van der Waals surface area contributed by atoms with Gasteiger partial charge in [0.2, 0.25) is 5.78 Å². The Labute approximate surface area is 115 Å². The van der Waals surface area contributed by atoms with E-state index in [4.69, 9.17) is 4.42 Å². The van der Waals surface area contributed by atoms with Crippen LogP contribution in [-0.4, -0.2) is 21.4 Å². The largest absolute Gasteiger partial charge is 0.481 e.